The highest BCUT2D eigenvalue weighted by Crippen LogP contribution is 2.27. The van der Waals surface area contributed by atoms with Gasteiger partial charge in [0.15, 0.2) is 0 Å². The zero-order valence-corrected chi connectivity index (χ0v) is 12.0. The number of carbonyl (C=O) groups is 1. The minimum Gasteiger partial charge on any atom is -0.495 e. The first-order valence-electron chi connectivity index (χ1n) is 5.74. The molecule has 19 heavy (non-hydrogen) atoms. The highest BCUT2D eigenvalue weighted by atomic mass is 32.2. The van der Waals surface area contributed by atoms with Crippen LogP contribution in [0.3, 0.4) is 0 Å². The molecule has 1 rings (SSSR count). The lowest BCUT2D eigenvalue weighted by molar-refractivity contribution is -0.116. The van der Waals surface area contributed by atoms with Crippen LogP contribution in [-0.4, -0.2) is 21.4 Å². The lowest BCUT2D eigenvalue weighted by atomic mass is 10.1. The van der Waals surface area contributed by atoms with E-state index in [1.807, 2.05) is 13.8 Å². The van der Waals surface area contributed by atoms with Gasteiger partial charge in [0.2, 0.25) is 15.9 Å². The smallest absolute Gasteiger partial charge is 0.238 e. The maximum absolute atomic E-state index is 11.7. The summed E-state index contributed by atoms with van der Waals surface area (Å²) in [7, 11) is -2.38. The first-order chi connectivity index (χ1) is 8.74. The van der Waals surface area contributed by atoms with Gasteiger partial charge in [0.25, 0.3) is 0 Å². The molecule has 0 radical (unpaired) electrons. The van der Waals surface area contributed by atoms with Crippen LogP contribution in [0.25, 0.3) is 0 Å². The van der Waals surface area contributed by atoms with Crippen molar-refractivity contribution in [3.8, 4) is 5.75 Å². The predicted molar refractivity (Wildman–Crippen MR) is 72.5 cm³/mol. The lowest BCUT2D eigenvalue weighted by Crippen LogP contribution is -2.16. The summed E-state index contributed by atoms with van der Waals surface area (Å²) in [4.78, 5) is 11.6. The van der Waals surface area contributed by atoms with E-state index < -0.39 is 10.0 Å². The number of amides is 1. The molecule has 0 aliphatic carbocycles. The second kappa shape index (κ2) is 6.03. The molecule has 0 atom stereocenters. The largest absolute Gasteiger partial charge is 0.495 e. The Balaban J connectivity index is 3.07. The van der Waals surface area contributed by atoms with Crippen LogP contribution in [0.15, 0.2) is 23.1 Å². The highest BCUT2D eigenvalue weighted by Gasteiger charge is 2.14. The molecule has 0 aliphatic heterocycles. The Hall–Kier alpha value is -1.60. The second-order valence-corrected chi connectivity index (χ2v) is 6.11. The normalized spacial score (nSPS) is 11.4. The summed E-state index contributed by atoms with van der Waals surface area (Å²) in [6.07, 6.45) is 0.336. The number of primary sulfonamides is 1. The van der Waals surface area contributed by atoms with Gasteiger partial charge in [0, 0.05) is 6.42 Å². The van der Waals surface area contributed by atoms with Crippen molar-refractivity contribution in [3.63, 3.8) is 0 Å². The molecule has 1 aromatic rings. The number of rotatable bonds is 5. The topological polar surface area (TPSA) is 98.5 Å². The molecule has 0 aromatic heterocycles. The van der Waals surface area contributed by atoms with Gasteiger partial charge in [0.05, 0.1) is 17.7 Å². The lowest BCUT2D eigenvalue weighted by Gasteiger charge is -2.12. The number of carbonyl (C=O) groups excluding carboxylic acids is 1. The fourth-order valence-corrected chi connectivity index (χ4v) is 2.07. The van der Waals surface area contributed by atoms with Crippen LogP contribution in [0, 0.1) is 5.92 Å². The van der Waals surface area contributed by atoms with Crippen molar-refractivity contribution in [1.29, 1.82) is 0 Å². The van der Waals surface area contributed by atoms with Crippen molar-refractivity contribution in [2.45, 2.75) is 25.2 Å². The Morgan fingerprint density at radius 2 is 2.05 bits per heavy atom. The van der Waals surface area contributed by atoms with Crippen LogP contribution in [0.5, 0.6) is 5.75 Å². The second-order valence-electron chi connectivity index (χ2n) is 4.55. The van der Waals surface area contributed by atoms with E-state index in [1.54, 1.807) is 0 Å². The molecule has 0 saturated carbocycles. The first kappa shape index (κ1) is 15.5. The van der Waals surface area contributed by atoms with E-state index in [0.29, 0.717) is 17.9 Å². The molecular weight excluding hydrogens is 268 g/mol. The fourth-order valence-electron chi connectivity index (χ4n) is 1.53. The molecule has 0 spiro atoms. The Kier molecular flexibility index (Phi) is 4.90. The number of hydrogen-bond donors (Lipinski definition) is 2. The summed E-state index contributed by atoms with van der Waals surface area (Å²) < 4.78 is 27.6. The number of sulfonamides is 1. The van der Waals surface area contributed by atoms with Crippen molar-refractivity contribution in [2.75, 3.05) is 12.4 Å². The van der Waals surface area contributed by atoms with Gasteiger partial charge in [-0.25, -0.2) is 13.6 Å². The molecule has 7 heteroatoms. The van der Waals surface area contributed by atoms with Crippen molar-refractivity contribution in [3.05, 3.63) is 18.2 Å². The molecule has 0 aliphatic rings. The Morgan fingerprint density at radius 3 is 2.53 bits per heavy atom. The molecule has 0 heterocycles. The summed E-state index contributed by atoms with van der Waals surface area (Å²) in [5.74, 6) is 0.372. The maximum atomic E-state index is 11.7. The maximum Gasteiger partial charge on any atom is 0.238 e. The van der Waals surface area contributed by atoms with Crippen LogP contribution in [0.2, 0.25) is 0 Å². The van der Waals surface area contributed by atoms with E-state index >= 15 is 0 Å². The van der Waals surface area contributed by atoms with Crippen molar-refractivity contribution >= 4 is 21.6 Å². The Labute approximate surface area is 113 Å². The summed E-state index contributed by atoms with van der Waals surface area (Å²) in [6.45, 7) is 3.83. The van der Waals surface area contributed by atoms with Gasteiger partial charge in [-0.15, -0.1) is 0 Å². The Bertz CT molecular complexity index is 567. The number of nitrogens with two attached hydrogens (primary N) is 1. The van der Waals surface area contributed by atoms with Gasteiger partial charge in [0.1, 0.15) is 5.75 Å². The third-order valence-corrected chi connectivity index (χ3v) is 3.28. The van der Waals surface area contributed by atoms with Crippen LogP contribution < -0.4 is 15.2 Å². The number of nitrogens with one attached hydrogen (secondary N) is 1. The summed E-state index contributed by atoms with van der Waals surface area (Å²) in [5.41, 5.74) is 0.291. The van der Waals surface area contributed by atoms with Crippen LogP contribution in [0.4, 0.5) is 5.69 Å². The van der Waals surface area contributed by atoms with E-state index in [4.69, 9.17) is 9.88 Å². The van der Waals surface area contributed by atoms with Gasteiger partial charge >= 0.3 is 0 Å². The van der Waals surface area contributed by atoms with Crippen LogP contribution in [-0.2, 0) is 14.8 Å². The van der Waals surface area contributed by atoms with Gasteiger partial charge < -0.3 is 10.1 Å². The number of ether oxygens (including phenoxy) is 1. The van der Waals surface area contributed by atoms with E-state index in [9.17, 15) is 13.2 Å². The molecule has 106 valence electrons. The van der Waals surface area contributed by atoms with Gasteiger partial charge in [-0.2, -0.15) is 0 Å². The SMILES string of the molecule is COc1ccc(S(N)(=O)=O)cc1NC(=O)CC(C)C. The minimum absolute atomic E-state index is 0.0758. The predicted octanol–water partition coefficient (Wildman–Crippen LogP) is 1.33. The molecular formula is C12H18N2O4S. The Morgan fingerprint density at radius 1 is 1.42 bits per heavy atom. The third kappa shape index (κ3) is 4.53. The summed E-state index contributed by atoms with van der Waals surface area (Å²) in [6, 6.07) is 4.06. The van der Waals surface area contributed by atoms with Gasteiger partial charge in [-0.1, -0.05) is 13.8 Å². The van der Waals surface area contributed by atoms with Crippen molar-refractivity contribution < 1.29 is 17.9 Å². The van der Waals surface area contributed by atoms with Gasteiger partial charge in [-0.3, -0.25) is 4.79 Å². The molecule has 0 unspecified atom stereocenters. The first-order valence-corrected chi connectivity index (χ1v) is 7.29. The number of anilines is 1. The number of methoxy groups -OCH3 is 1. The molecule has 6 nitrogen and oxygen atoms in total. The van der Waals surface area contributed by atoms with E-state index in [2.05, 4.69) is 5.32 Å². The molecule has 3 N–H and O–H groups in total. The van der Waals surface area contributed by atoms with Crippen LogP contribution >= 0.6 is 0 Å². The summed E-state index contributed by atoms with van der Waals surface area (Å²) in [5, 5.41) is 7.67. The molecule has 1 aromatic carbocycles. The van der Waals surface area contributed by atoms with E-state index in [0.717, 1.165) is 0 Å². The summed E-state index contributed by atoms with van der Waals surface area (Å²) >= 11 is 0. The fraction of sp³-hybridized carbons (Fsp3) is 0.417. The highest BCUT2D eigenvalue weighted by molar-refractivity contribution is 7.89. The molecule has 0 fully saturated rings. The monoisotopic (exact) mass is 286 g/mol. The number of benzene rings is 1. The van der Waals surface area contributed by atoms with Crippen LogP contribution in [0.1, 0.15) is 20.3 Å². The third-order valence-electron chi connectivity index (χ3n) is 2.37. The standard InChI is InChI=1S/C12H18N2O4S/c1-8(2)6-12(15)14-10-7-9(19(13,16)17)4-5-11(10)18-3/h4-5,7-8H,6H2,1-3H3,(H,14,15)(H2,13,16,17). The quantitative estimate of drug-likeness (QED) is 0.853. The van der Waals surface area contributed by atoms with E-state index in [-0.39, 0.29) is 16.7 Å². The van der Waals surface area contributed by atoms with E-state index in [1.165, 1.54) is 25.3 Å². The number of hydrogen-bond acceptors (Lipinski definition) is 4. The zero-order valence-electron chi connectivity index (χ0n) is 11.1. The molecule has 0 saturated heterocycles. The molecule has 0 bridgehead atoms. The minimum atomic E-state index is -3.82. The average Bonchev–Trinajstić information content (AvgIpc) is 2.26. The molecule has 1 amide bonds. The van der Waals surface area contributed by atoms with Crippen molar-refractivity contribution in [1.82, 2.24) is 0 Å². The average molecular weight is 286 g/mol. The zero-order chi connectivity index (χ0) is 14.6. The van der Waals surface area contributed by atoms with Crippen molar-refractivity contribution in [2.24, 2.45) is 11.1 Å². The van der Waals surface area contributed by atoms with Gasteiger partial charge in [-0.05, 0) is 24.1 Å².